The standard InChI is InChI=1S/C14H23NO3/c1-13(2,3)18-12(17)15-11(16)7-10-14(15)8-5-4-6-9-14/h4-10H2,1-3H3. The number of nitrogens with zero attached hydrogens (tertiary/aromatic N) is 1. The van der Waals surface area contributed by atoms with Crippen LogP contribution in [0.2, 0.25) is 0 Å². The summed E-state index contributed by atoms with van der Waals surface area (Å²) in [6.07, 6.45) is 6.14. The molecule has 1 aliphatic carbocycles. The summed E-state index contributed by atoms with van der Waals surface area (Å²) in [6, 6.07) is 0. The summed E-state index contributed by atoms with van der Waals surface area (Å²) in [5.41, 5.74) is -0.784. The van der Waals surface area contributed by atoms with E-state index in [1.807, 2.05) is 20.8 Å². The van der Waals surface area contributed by atoms with Crippen LogP contribution in [0.5, 0.6) is 0 Å². The van der Waals surface area contributed by atoms with Gasteiger partial charge in [-0.1, -0.05) is 19.3 Å². The van der Waals surface area contributed by atoms with E-state index >= 15 is 0 Å². The van der Waals surface area contributed by atoms with Gasteiger partial charge in [0.15, 0.2) is 0 Å². The first-order valence-corrected chi connectivity index (χ1v) is 6.90. The Balaban J connectivity index is 2.17. The Morgan fingerprint density at radius 2 is 1.78 bits per heavy atom. The maximum absolute atomic E-state index is 12.2. The molecule has 0 aromatic carbocycles. The summed E-state index contributed by atoms with van der Waals surface area (Å²) in [6.45, 7) is 5.50. The lowest BCUT2D eigenvalue weighted by Crippen LogP contribution is -2.51. The molecule has 1 aliphatic heterocycles. The van der Waals surface area contributed by atoms with Crippen molar-refractivity contribution in [1.82, 2.24) is 4.90 Å². The Hall–Kier alpha value is -1.06. The third-order valence-corrected chi connectivity index (χ3v) is 3.89. The summed E-state index contributed by atoms with van der Waals surface area (Å²) in [7, 11) is 0. The fourth-order valence-electron chi connectivity index (χ4n) is 3.11. The SMILES string of the molecule is CC(C)(C)OC(=O)N1C(=O)CCC12CCCCC2. The number of rotatable bonds is 0. The Morgan fingerprint density at radius 3 is 2.33 bits per heavy atom. The molecule has 0 radical (unpaired) electrons. The summed E-state index contributed by atoms with van der Waals surface area (Å²) >= 11 is 0. The van der Waals surface area contributed by atoms with Gasteiger partial charge in [-0.3, -0.25) is 4.79 Å². The molecule has 0 unspecified atom stereocenters. The van der Waals surface area contributed by atoms with Crippen molar-refractivity contribution in [1.29, 1.82) is 0 Å². The number of hydrogen-bond donors (Lipinski definition) is 0. The van der Waals surface area contributed by atoms with E-state index in [1.54, 1.807) is 0 Å². The van der Waals surface area contributed by atoms with Crippen LogP contribution in [0.1, 0.15) is 65.7 Å². The molecule has 0 bridgehead atoms. The predicted octanol–water partition coefficient (Wildman–Crippen LogP) is 3.25. The molecule has 2 aliphatic rings. The highest BCUT2D eigenvalue weighted by Crippen LogP contribution is 2.42. The molecule has 1 heterocycles. The number of amides is 2. The lowest BCUT2D eigenvalue weighted by molar-refractivity contribution is -0.130. The Labute approximate surface area is 109 Å². The summed E-state index contributed by atoms with van der Waals surface area (Å²) in [5, 5.41) is 0. The van der Waals surface area contributed by atoms with Gasteiger partial charge >= 0.3 is 6.09 Å². The van der Waals surface area contributed by atoms with Gasteiger partial charge in [0.1, 0.15) is 5.60 Å². The van der Waals surface area contributed by atoms with Crippen molar-refractivity contribution in [3.63, 3.8) is 0 Å². The van der Waals surface area contributed by atoms with E-state index in [4.69, 9.17) is 4.74 Å². The molecule has 1 spiro atoms. The number of carbonyl (C=O) groups excluding carboxylic acids is 2. The van der Waals surface area contributed by atoms with Crippen molar-refractivity contribution in [2.75, 3.05) is 0 Å². The van der Waals surface area contributed by atoms with Crippen LogP contribution in [0.4, 0.5) is 4.79 Å². The molecule has 0 N–H and O–H groups in total. The highest BCUT2D eigenvalue weighted by atomic mass is 16.6. The third kappa shape index (κ3) is 2.52. The molecule has 18 heavy (non-hydrogen) atoms. The summed E-state index contributed by atoms with van der Waals surface area (Å²) < 4.78 is 5.39. The predicted molar refractivity (Wildman–Crippen MR) is 68.1 cm³/mol. The normalized spacial score (nSPS) is 23.5. The van der Waals surface area contributed by atoms with Gasteiger partial charge in [0, 0.05) is 6.42 Å². The van der Waals surface area contributed by atoms with Gasteiger partial charge in [-0.05, 0) is 40.0 Å². The van der Waals surface area contributed by atoms with Crippen LogP contribution in [-0.4, -0.2) is 28.0 Å². The summed E-state index contributed by atoms with van der Waals surface area (Å²) in [4.78, 5) is 25.7. The van der Waals surface area contributed by atoms with Crippen molar-refractivity contribution in [3.05, 3.63) is 0 Å². The van der Waals surface area contributed by atoms with Crippen LogP contribution in [0, 0.1) is 0 Å². The van der Waals surface area contributed by atoms with E-state index in [0.717, 1.165) is 32.1 Å². The summed E-state index contributed by atoms with van der Waals surface area (Å²) in [5.74, 6) is -0.0637. The van der Waals surface area contributed by atoms with Crippen LogP contribution >= 0.6 is 0 Å². The van der Waals surface area contributed by atoms with E-state index in [-0.39, 0.29) is 11.4 Å². The highest BCUT2D eigenvalue weighted by Gasteiger charge is 2.50. The fourth-order valence-corrected chi connectivity index (χ4v) is 3.11. The second-order valence-corrected chi connectivity index (χ2v) is 6.49. The van der Waals surface area contributed by atoms with E-state index in [1.165, 1.54) is 11.3 Å². The zero-order chi connectivity index (χ0) is 13.4. The van der Waals surface area contributed by atoms with E-state index in [2.05, 4.69) is 0 Å². The minimum absolute atomic E-state index is 0.0637. The van der Waals surface area contributed by atoms with Gasteiger partial charge in [-0.25, -0.2) is 9.69 Å². The smallest absolute Gasteiger partial charge is 0.417 e. The van der Waals surface area contributed by atoms with Crippen LogP contribution in [0.15, 0.2) is 0 Å². The van der Waals surface area contributed by atoms with Crippen molar-refractivity contribution in [2.45, 2.75) is 76.9 Å². The molecule has 0 aromatic rings. The molecule has 0 aromatic heterocycles. The third-order valence-electron chi connectivity index (χ3n) is 3.89. The molecule has 4 heteroatoms. The minimum atomic E-state index is -0.546. The molecule has 1 saturated carbocycles. The first-order chi connectivity index (χ1) is 8.34. The van der Waals surface area contributed by atoms with Crippen molar-refractivity contribution < 1.29 is 14.3 Å². The molecule has 102 valence electrons. The molecular weight excluding hydrogens is 230 g/mol. The first-order valence-electron chi connectivity index (χ1n) is 6.90. The Kier molecular flexibility index (Phi) is 3.39. The molecule has 2 amide bonds. The lowest BCUT2D eigenvalue weighted by Gasteiger charge is -2.40. The molecule has 0 atom stereocenters. The van der Waals surface area contributed by atoms with Gasteiger partial charge < -0.3 is 4.74 Å². The van der Waals surface area contributed by atoms with Gasteiger partial charge in [0.05, 0.1) is 5.54 Å². The lowest BCUT2D eigenvalue weighted by atomic mass is 9.80. The van der Waals surface area contributed by atoms with E-state index < -0.39 is 11.7 Å². The maximum atomic E-state index is 12.2. The van der Waals surface area contributed by atoms with Crippen LogP contribution in [0.25, 0.3) is 0 Å². The average molecular weight is 253 g/mol. The number of carbonyl (C=O) groups is 2. The van der Waals surface area contributed by atoms with Gasteiger partial charge in [0.25, 0.3) is 0 Å². The van der Waals surface area contributed by atoms with Crippen molar-refractivity contribution in [2.24, 2.45) is 0 Å². The average Bonchev–Trinajstić information content (AvgIpc) is 2.54. The monoisotopic (exact) mass is 253 g/mol. The molecule has 4 nitrogen and oxygen atoms in total. The van der Waals surface area contributed by atoms with Gasteiger partial charge in [0.2, 0.25) is 5.91 Å². The number of likely N-dealkylation sites (tertiary alicyclic amines) is 1. The van der Waals surface area contributed by atoms with Crippen LogP contribution in [0.3, 0.4) is 0 Å². The van der Waals surface area contributed by atoms with Crippen LogP contribution in [-0.2, 0) is 9.53 Å². The second kappa shape index (κ2) is 4.56. The zero-order valence-corrected chi connectivity index (χ0v) is 11.6. The van der Waals surface area contributed by atoms with Crippen LogP contribution < -0.4 is 0 Å². The minimum Gasteiger partial charge on any atom is -0.443 e. The zero-order valence-electron chi connectivity index (χ0n) is 11.6. The highest BCUT2D eigenvalue weighted by molar-refractivity contribution is 5.95. The fraction of sp³-hybridized carbons (Fsp3) is 0.857. The Morgan fingerprint density at radius 1 is 1.17 bits per heavy atom. The number of imide groups is 1. The number of hydrogen-bond acceptors (Lipinski definition) is 3. The molecule has 1 saturated heterocycles. The quantitative estimate of drug-likeness (QED) is 0.665. The van der Waals surface area contributed by atoms with Gasteiger partial charge in [-0.2, -0.15) is 0 Å². The Bertz CT molecular complexity index is 351. The number of ether oxygens (including phenoxy) is 1. The van der Waals surface area contributed by atoms with Crippen molar-refractivity contribution >= 4 is 12.0 Å². The molecular formula is C14H23NO3. The topological polar surface area (TPSA) is 46.6 Å². The molecule has 2 fully saturated rings. The van der Waals surface area contributed by atoms with E-state index in [0.29, 0.717) is 6.42 Å². The van der Waals surface area contributed by atoms with E-state index in [9.17, 15) is 9.59 Å². The maximum Gasteiger partial charge on any atom is 0.417 e. The van der Waals surface area contributed by atoms with Gasteiger partial charge in [-0.15, -0.1) is 0 Å². The van der Waals surface area contributed by atoms with Crippen molar-refractivity contribution in [3.8, 4) is 0 Å². The second-order valence-electron chi connectivity index (χ2n) is 6.49. The first kappa shape index (κ1) is 13.4. The largest absolute Gasteiger partial charge is 0.443 e. The molecule has 2 rings (SSSR count).